The number of allylic oxidation sites excluding steroid dienone is 1. The van der Waals surface area contributed by atoms with Crippen LogP contribution in [0.5, 0.6) is 11.5 Å². The van der Waals surface area contributed by atoms with Crippen LogP contribution in [0, 0.1) is 96.9 Å². The normalized spacial score (nSPS) is 10.7. The summed E-state index contributed by atoms with van der Waals surface area (Å²) in [7, 11) is 0. The van der Waals surface area contributed by atoms with Gasteiger partial charge in [-0.25, -0.2) is 0 Å². The van der Waals surface area contributed by atoms with Crippen molar-refractivity contribution >= 4 is 23.9 Å². The van der Waals surface area contributed by atoms with Gasteiger partial charge in [0, 0.05) is 16.7 Å². The lowest BCUT2D eigenvalue weighted by Gasteiger charge is -2.16. The Morgan fingerprint density at radius 1 is 0.469 bits per heavy atom. The zero-order chi connectivity index (χ0) is 37.7. The van der Waals surface area contributed by atoms with Gasteiger partial charge in [-0.3, -0.25) is 14.4 Å². The molecule has 0 amide bonds. The standard InChI is InChI=1S/C22H26O2.C13H18O.C9H10O2/c1-12-10-19(11-13(2)22(12)24)8-9-20(23)21-17(6)15(4)14(3)16(5)18(21)7;1-7-8(2)10(4)13(12(6)14)11(5)9(7)3;1-6-3-8(5-10)4-7(2)9(6)11/h8-11,24H,1-7H3;1-6H3;3-5,11H,1-2H3/b9-8+;;. The Morgan fingerprint density at radius 2 is 0.755 bits per heavy atom. The number of rotatable bonds is 5. The Kier molecular flexibility index (Phi) is 13.7. The second-order valence-corrected chi connectivity index (χ2v) is 13.4. The summed E-state index contributed by atoms with van der Waals surface area (Å²) < 4.78 is 0. The summed E-state index contributed by atoms with van der Waals surface area (Å²) in [5.41, 5.74) is 18.2. The molecule has 0 radical (unpaired) electrons. The molecule has 0 spiro atoms. The van der Waals surface area contributed by atoms with Crippen molar-refractivity contribution in [2.24, 2.45) is 0 Å². The molecule has 0 aliphatic carbocycles. The van der Waals surface area contributed by atoms with Crippen molar-refractivity contribution in [2.45, 2.75) is 104 Å². The second kappa shape index (κ2) is 16.6. The molecule has 4 rings (SSSR count). The van der Waals surface area contributed by atoms with Crippen LogP contribution in [0.2, 0.25) is 0 Å². The number of Topliss-reactive ketones (excluding diaryl/α,β-unsaturated/α-hetero) is 1. The van der Waals surface area contributed by atoms with Crippen LogP contribution in [0.3, 0.4) is 0 Å². The van der Waals surface area contributed by atoms with E-state index in [4.69, 9.17) is 0 Å². The maximum atomic E-state index is 12.8. The topological polar surface area (TPSA) is 91.7 Å². The van der Waals surface area contributed by atoms with Gasteiger partial charge in [-0.1, -0.05) is 6.08 Å². The van der Waals surface area contributed by atoms with Crippen LogP contribution in [0.4, 0.5) is 0 Å². The lowest BCUT2D eigenvalue weighted by atomic mass is 9.87. The molecule has 4 aromatic rings. The molecule has 0 atom stereocenters. The number of aryl methyl sites for hydroxylation is 4. The average molecular weight is 663 g/mol. The molecule has 2 N–H and O–H groups in total. The number of benzene rings is 4. The van der Waals surface area contributed by atoms with Gasteiger partial charge in [0.2, 0.25) is 0 Å². The van der Waals surface area contributed by atoms with Gasteiger partial charge in [-0.15, -0.1) is 0 Å². The molecule has 0 aromatic heterocycles. The molecule has 0 fully saturated rings. The molecule has 5 heteroatoms. The molecule has 260 valence electrons. The first kappa shape index (κ1) is 40.4. The van der Waals surface area contributed by atoms with Gasteiger partial charge in [-0.05, 0) is 218 Å². The number of ketones is 2. The quantitative estimate of drug-likeness (QED) is 0.126. The molecule has 0 bridgehead atoms. The monoisotopic (exact) mass is 662 g/mol. The van der Waals surface area contributed by atoms with Crippen molar-refractivity contribution in [2.75, 3.05) is 0 Å². The first-order valence-corrected chi connectivity index (χ1v) is 16.6. The van der Waals surface area contributed by atoms with Crippen molar-refractivity contribution in [3.05, 3.63) is 130 Å². The van der Waals surface area contributed by atoms with Gasteiger partial charge in [0.05, 0.1) is 0 Å². The van der Waals surface area contributed by atoms with E-state index in [1.807, 2.05) is 59.8 Å². The molecule has 0 heterocycles. The van der Waals surface area contributed by atoms with Gasteiger partial charge in [0.15, 0.2) is 11.6 Å². The summed E-state index contributed by atoms with van der Waals surface area (Å²) >= 11 is 0. The molecule has 5 nitrogen and oxygen atoms in total. The van der Waals surface area contributed by atoms with E-state index in [9.17, 15) is 24.6 Å². The number of hydrogen-bond donors (Lipinski definition) is 2. The number of carbonyl (C=O) groups excluding carboxylic acids is 3. The Morgan fingerprint density at radius 3 is 1.06 bits per heavy atom. The van der Waals surface area contributed by atoms with Crippen molar-refractivity contribution in [1.82, 2.24) is 0 Å². The van der Waals surface area contributed by atoms with E-state index >= 15 is 0 Å². The number of aldehydes is 1. The number of aromatic hydroxyl groups is 2. The van der Waals surface area contributed by atoms with Gasteiger partial charge in [0.25, 0.3) is 0 Å². The first-order valence-electron chi connectivity index (χ1n) is 16.6. The fourth-order valence-corrected chi connectivity index (χ4v) is 6.30. The number of carbonyl (C=O) groups is 3. The highest BCUT2D eigenvalue weighted by Crippen LogP contribution is 2.29. The van der Waals surface area contributed by atoms with E-state index in [1.165, 1.54) is 33.4 Å². The zero-order valence-electron chi connectivity index (χ0n) is 32.2. The second-order valence-electron chi connectivity index (χ2n) is 13.4. The predicted molar refractivity (Wildman–Crippen MR) is 204 cm³/mol. The minimum Gasteiger partial charge on any atom is -0.507 e. The largest absolute Gasteiger partial charge is 0.507 e. The average Bonchev–Trinajstić information content (AvgIpc) is 3.05. The minimum absolute atomic E-state index is 0.0274. The molecule has 0 saturated heterocycles. The third-order valence-corrected chi connectivity index (χ3v) is 10.2. The van der Waals surface area contributed by atoms with E-state index in [1.54, 1.807) is 39.0 Å². The Bertz CT molecular complexity index is 1870. The van der Waals surface area contributed by atoms with E-state index in [0.717, 1.165) is 67.5 Å². The SMILES string of the molecule is CC(=O)c1c(C)c(C)c(C)c(C)c1C.Cc1cc(/C=C/C(=O)c2c(C)c(C)c(C)c(C)c2C)cc(C)c1O.Cc1cc(C=O)cc(C)c1O. The highest BCUT2D eigenvalue weighted by Gasteiger charge is 2.17. The summed E-state index contributed by atoms with van der Waals surface area (Å²) in [5.74, 6) is 0.788. The molecule has 0 aliphatic rings. The van der Waals surface area contributed by atoms with Gasteiger partial charge in [0.1, 0.15) is 17.8 Å². The lowest BCUT2D eigenvalue weighted by molar-refractivity contribution is 0.101. The molecule has 49 heavy (non-hydrogen) atoms. The van der Waals surface area contributed by atoms with E-state index in [-0.39, 0.29) is 17.3 Å². The van der Waals surface area contributed by atoms with Crippen molar-refractivity contribution in [1.29, 1.82) is 0 Å². The number of phenols is 2. The highest BCUT2D eigenvalue weighted by atomic mass is 16.3. The molecule has 0 saturated carbocycles. The molecular formula is C44H54O5. The maximum absolute atomic E-state index is 12.8. The Labute approximate surface area is 293 Å². The fourth-order valence-electron chi connectivity index (χ4n) is 6.30. The minimum atomic E-state index is 0.0274. The summed E-state index contributed by atoms with van der Waals surface area (Å²) in [4.78, 5) is 34.6. The number of phenolic OH excluding ortho intramolecular Hbond substituents is 2. The molecule has 0 aliphatic heterocycles. The van der Waals surface area contributed by atoms with Gasteiger partial charge >= 0.3 is 0 Å². The van der Waals surface area contributed by atoms with Crippen LogP contribution in [0.25, 0.3) is 6.08 Å². The molecule has 0 unspecified atom stereocenters. The van der Waals surface area contributed by atoms with E-state index in [2.05, 4.69) is 41.5 Å². The highest BCUT2D eigenvalue weighted by molar-refractivity contribution is 6.09. The van der Waals surface area contributed by atoms with Crippen LogP contribution in [0.15, 0.2) is 30.3 Å². The van der Waals surface area contributed by atoms with Crippen LogP contribution in [-0.4, -0.2) is 28.1 Å². The summed E-state index contributed by atoms with van der Waals surface area (Å²) in [6, 6.07) is 7.10. The van der Waals surface area contributed by atoms with Crippen LogP contribution in [0.1, 0.15) is 121 Å². The summed E-state index contributed by atoms with van der Waals surface area (Å²) in [6.45, 7) is 29.6. The third-order valence-electron chi connectivity index (χ3n) is 10.2. The number of hydrogen-bond acceptors (Lipinski definition) is 5. The van der Waals surface area contributed by atoms with Crippen LogP contribution in [-0.2, 0) is 0 Å². The van der Waals surface area contributed by atoms with Gasteiger partial charge < -0.3 is 10.2 Å². The van der Waals surface area contributed by atoms with Crippen molar-refractivity contribution in [3.63, 3.8) is 0 Å². The zero-order valence-corrected chi connectivity index (χ0v) is 32.2. The van der Waals surface area contributed by atoms with Crippen LogP contribution >= 0.6 is 0 Å². The summed E-state index contributed by atoms with van der Waals surface area (Å²) in [6.07, 6.45) is 4.24. The molecular weight excluding hydrogens is 608 g/mol. The summed E-state index contributed by atoms with van der Waals surface area (Å²) in [5, 5.41) is 19.2. The maximum Gasteiger partial charge on any atom is 0.186 e. The van der Waals surface area contributed by atoms with Crippen molar-refractivity contribution < 1.29 is 24.6 Å². The third kappa shape index (κ3) is 9.03. The van der Waals surface area contributed by atoms with E-state index in [0.29, 0.717) is 11.3 Å². The van der Waals surface area contributed by atoms with Gasteiger partial charge in [-0.2, -0.15) is 0 Å². The van der Waals surface area contributed by atoms with Crippen LogP contribution < -0.4 is 0 Å². The Balaban J connectivity index is 0.000000282. The Hall–Kier alpha value is -4.77. The van der Waals surface area contributed by atoms with E-state index < -0.39 is 0 Å². The smallest absolute Gasteiger partial charge is 0.186 e. The molecule has 4 aromatic carbocycles. The predicted octanol–water partition coefficient (Wildman–Crippen LogP) is 10.7. The lowest BCUT2D eigenvalue weighted by Crippen LogP contribution is -2.07. The first-order chi connectivity index (χ1) is 22.7. The van der Waals surface area contributed by atoms with Crippen molar-refractivity contribution in [3.8, 4) is 11.5 Å². The fraction of sp³-hybridized carbons (Fsp3) is 0.341.